The third-order valence-corrected chi connectivity index (χ3v) is 17.1. The molecule has 0 aromatic heterocycles. The minimum atomic E-state index is -5.01. The van der Waals surface area contributed by atoms with E-state index >= 15 is 0 Å². The van der Waals surface area contributed by atoms with Crippen molar-refractivity contribution in [1.82, 2.24) is 0 Å². The van der Waals surface area contributed by atoms with Crippen LogP contribution in [0.1, 0.15) is 259 Å². The highest BCUT2D eigenvalue weighted by atomic mass is 31.2. The lowest BCUT2D eigenvalue weighted by atomic mass is 10.1. The summed E-state index contributed by atoms with van der Waals surface area (Å²) in [6.07, 6.45) is 95.5. The summed E-state index contributed by atoms with van der Waals surface area (Å²) in [6, 6.07) is 0. The van der Waals surface area contributed by atoms with Crippen LogP contribution in [0.3, 0.4) is 0 Å². The van der Waals surface area contributed by atoms with E-state index in [4.69, 9.17) is 37.0 Å². The largest absolute Gasteiger partial charge is 0.472 e. The minimum Gasteiger partial charge on any atom is -0.462 e. The van der Waals surface area contributed by atoms with Gasteiger partial charge in [0.05, 0.1) is 26.4 Å². The molecule has 0 aliphatic rings. The van der Waals surface area contributed by atoms with E-state index < -0.39 is 97.5 Å². The fourth-order valence-corrected chi connectivity index (χ4v) is 10.9. The molecule has 0 saturated heterocycles. The normalized spacial score (nSPS) is 15.0. The summed E-state index contributed by atoms with van der Waals surface area (Å²) in [6.45, 7) is 4.23. The van der Waals surface area contributed by atoms with Gasteiger partial charge < -0.3 is 33.8 Å². The number of aliphatic hydroxyl groups is 1. The monoisotopic (exact) mass is 1510 g/mol. The van der Waals surface area contributed by atoms with Crippen LogP contribution in [0, 0.1) is 0 Å². The minimum absolute atomic E-state index is 0.0233. The van der Waals surface area contributed by atoms with Crippen LogP contribution >= 0.6 is 15.6 Å². The third-order valence-electron chi connectivity index (χ3n) is 15.2. The maximum atomic E-state index is 13.1. The number of carbonyl (C=O) groups is 4. The molecule has 0 amide bonds. The highest BCUT2D eigenvalue weighted by molar-refractivity contribution is 7.47. The van der Waals surface area contributed by atoms with Gasteiger partial charge >= 0.3 is 39.5 Å². The van der Waals surface area contributed by atoms with E-state index in [1.165, 1.54) is 0 Å². The third kappa shape index (κ3) is 75.9. The SMILES string of the molecule is CC/C=C\C/C=C\C/C=C\C/C=C\C/C=C\C/C=C\CCC(=O)OCC(COP(=O)(O)OCC(O)COP(=O)(O)OCC(COC(=O)CCC/C=C\C/C=C\C/C=C\C/C=C\C/C=C\CC)OC(=O)CCCCCC/C=C\C/C=C\C/C=C\C/C=C\CC)OC(=O)CCCCCCC/C=C\C/C=C\CCC. The Morgan fingerprint density at radius 1 is 0.274 bits per heavy atom. The van der Waals surface area contributed by atoms with Crippen LogP contribution in [0.4, 0.5) is 0 Å². The van der Waals surface area contributed by atoms with Gasteiger partial charge in [0.2, 0.25) is 0 Å². The number of carbonyl (C=O) groups excluding carboxylic acids is 4. The van der Waals surface area contributed by atoms with Crippen molar-refractivity contribution in [3.8, 4) is 0 Å². The number of hydrogen-bond donors (Lipinski definition) is 3. The van der Waals surface area contributed by atoms with Crippen LogP contribution in [-0.2, 0) is 65.4 Å². The summed E-state index contributed by atoms with van der Waals surface area (Å²) >= 11 is 0. The molecule has 3 N–H and O–H groups in total. The zero-order valence-corrected chi connectivity index (χ0v) is 66.8. The molecule has 0 heterocycles. The molecule has 0 aromatic rings. The van der Waals surface area contributed by atoms with Gasteiger partial charge in [0, 0.05) is 25.7 Å². The van der Waals surface area contributed by atoms with Gasteiger partial charge in [-0.05, 0) is 167 Å². The molecule has 0 radical (unpaired) electrons. The van der Waals surface area contributed by atoms with Crippen molar-refractivity contribution < 1.29 is 80.2 Å². The molecule has 0 rings (SSSR count). The second-order valence-electron chi connectivity index (χ2n) is 25.1. The lowest BCUT2D eigenvalue weighted by Gasteiger charge is -2.21. The van der Waals surface area contributed by atoms with Crippen LogP contribution in [0.5, 0.6) is 0 Å². The molecule has 0 aromatic carbocycles. The zero-order valence-electron chi connectivity index (χ0n) is 65.0. The molecule has 0 bridgehead atoms. The van der Waals surface area contributed by atoms with Crippen molar-refractivity contribution in [2.24, 2.45) is 0 Å². The Morgan fingerprint density at radius 3 is 0.840 bits per heavy atom. The van der Waals surface area contributed by atoms with Gasteiger partial charge in [-0.15, -0.1) is 0 Å². The van der Waals surface area contributed by atoms with E-state index in [1.54, 1.807) is 0 Å². The van der Waals surface area contributed by atoms with Gasteiger partial charge in [-0.3, -0.25) is 37.3 Å². The van der Waals surface area contributed by atoms with Crippen LogP contribution in [0.25, 0.3) is 0 Å². The first-order valence-electron chi connectivity index (χ1n) is 39.3. The summed E-state index contributed by atoms with van der Waals surface area (Å²) in [7, 11) is -10.0. The number of esters is 4. The van der Waals surface area contributed by atoms with Gasteiger partial charge in [0.1, 0.15) is 19.3 Å². The molecule has 0 aliphatic carbocycles. The van der Waals surface area contributed by atoms with Crippen molar-refractivity contribution >= 4 is 39.5 Å². The Hall–Kier alpha value is -6.36. The molecule has 5 unspecified atom stereocenters. The van der Waals surface area contributed by atoms with E-state index in [0.717, 1.165) is 167 Å². The summed E-state index contributed by atoms with van der Waals surface area (Å²) in [5.41, 5.74) is 0. The second-order valence-corrected chi connectivity index (χ2v) is 28.1. The number of aliphatic hydroxyl groups excluding tert-OH is 1. The maximum Gasteiger partial charge on any atom is 0.472 e. The van der Waals surface area contributed by atoms with E-state index in [9.17, 15) is 43.2 Å². The number of phosphoric acid groups is 2. The highest BCUT2D eigenvalue weighted by Crippen LogP contribution is 2.45. The van der Waals surface area contributed by atoms with E-state index in [1.807, 2.05) is 30.4 Å². The number of hydrogen-bond acceptors (Lipinski definition) is 15. The molecule has 0 spiro atoms. The average Bonchev–Trinajstić information content (AvgIpc) is 0.900. The second kappa shape index (κ2) is 76.8. The number of allylic oxidation sites excluding steroid dienone is 34. The summed E-state index contributed by atoms with van der Waals surface area (Å²) in [5, 5.41) is 10.6. The Bertz CT molecular complexity index is 2830. The molecule has 0 saturated carbocycles. The highest BCUT2D eigenvalue weighted by Gasteiger charge is 2.30. The van der Waals surface area contributed by atoms with Crippen molar-refractivity contribution in [3.63, 3.8) is 0 Å². The first-order chi connectivity index (χ1) is 51.7. The topological polar surface area (TPSA) is 237 Å². The smallest absolute Gasteiger partial charge is 0.462 e. The molecule has 0 fully saturated rings. The number of rotatable bonds is 71. The lowest BCUT2D eigenvalue weighted by Crippen LogP contribution is -2.30. The molecule has 106 heavy (non-hydrogen) atoms. The van der Waals surface area contributed by atoms with Crippen molar-refractivity contribution in [3.05, 3.63) is 207 Å². The molecule has 19 heteroatoms. The Morgan fingerprint density at radius 2 is 0.519 bits per heavy atom. The number of unbranched alkanes of at least 4 members (excludes halogenated alkanes) is 11. The van der Waals surface area contributed by atoms with Crippen LogP contribution < -0.4 is 0 Å². The maximum absolute atomic E-state index is 13.1. The van der Waals surface area contributed by atoms with Gasteiger partial charge in [-0.2, -0.15) is 0 Å². The fourth-order valence-electron chi connectivity index (χ4n) is 9.37. The Balaban J connectivity index is 5.53. The van der Waals surface area contributed by atoms with Gasteiger partial charge in [0.25, 0.3) is 0 Å². The lowest BCUT2D eigenvalue weighted by molar-refractivity contribution is -0.161. The van der Waals surface area contributed by atoms with Crippen LogP contribution in [0.15, 0.2) is 207 Å². The van der Waals surface area contributed by atoms with Crippen molar-refractivity contribution in [1.29, 1.82) is 0 Å². The number of phosphoric ester groups is 2. The molecular formula is C87H136O17P2. The van der Waals surface area contributed by atoms with Gasteiger partial charge in [-0.25, -0.2) is 9.13 Å². The first kappa shape index (κ1) is 99.6. The fraction of sp³-hybridized carbons (Fsp3) is 0.563. The quantitative estimate of drug-likeness (QED) is 0.0169. The Labute approximate surface area is 639 Å². The Kier molecular flexibility index (Phi) is 72.2. The summed E-state index contributed by atoms with van der Waals surface area (Å²) < 4.78 is 68.4. The van der Waals surface area contributed by atoms with Crippen molar-refractivity contribution in [2.75, 3.05) is 39.6 Å². The molecule has 596 valence electrons. The number of ether oxygens (including phenoxy) is 4. The van der Waals surface area contributed by atoms with E-state index in [-0.39, 0.29) is 25.7 Å². The predicted octanol–water partition coefficient (Wildman–Crippen LogP) is 23.1. The zero-order chi connectivity index (χ0) is 77.4. The first-order valence-corrected chi connectivity index (χ1v) is 42.3. The average molecular weight is 1520 g/mol. The predicted molar refractivity (Wildman–Crippen MR) is 435 cm³/mol. The molecule has 5 atom stereocenters. The molecular weight excluding hydrogens is 1380 g/mol. The molecule has 0 aliphatic heterocycles. The standard InChI is InChI=1S/C87H136O17P2/c1-5-9-13-17-21-25-29-33-36-39-40-43-45-49-52-56-60-64-68-72-85(90)97-77-82(103-86(91)73-69-65-61-57-53-47-32-28-24-20-16-12-8-4)79-101-105(93,94)99-75-81(88)76-100-106(95,96)102-80-83(104-87(92)74-70-66-62-58-54-50-46-42-38-35-31-27-23-19-15-11-7-3)78-98-84(89)71-67-63-59-55-51-48-44-41-37-34-30-26-22-18-14-10-6-2/h9-11,13-16,20-23,25-28,32-38,40,43-44,46,48-50,52,55,59-60,64,81-83,88H,5-8,12,17-19,24,29-31,39,41-42,45,47,51,53-54,56-58,61-63,65-80H2,1-4H3,(H,93,94)(H,95,96)/b13-9-,14-10-,15-11-,20-16-,25-21-,26-22-,27-23-,32-28-,36-33-,37-34-,38-35-,43-40-,48-44-,50-46-,52-49-,59-55-,64-60-. The van der Waals surface area contributed by atoms with Gasteiger partial charge in [-0.1, -0.05) is 273 Å². The van der Waals surface area contributed by atoms with Crippen molar-refractivity contribution in [2.45, 2.75) is 277 Å². The summed E-state index contributed by atoms with van der Waals surface area (Å²) in [4.78, 5) is 73.0. The van der Waals surface area contributed by atoms with E-state index in [2.05, 4.69) is 204 Å². The van der Waals surface area contributed by atoms with Crippen LogP contribution in [0.2, 0.25) is 0 Å². The molecule has 17 nitrogen and oxygen atoms in total. The van der Waals surface area contributed by atoms with Crippen LogP contribution in [-0.4, -0.2) is 96.7 Å². The van der Waals surface area contributed by atoms with Gasteiger partial charge in [0.15, 0.2) is 12.2 Å². The summed E-state index contributed by atoms with van der Waals surface area (Å²) in [5.74, 6) is -2.41. The van der Waals surface area contributed by atoms with E-state index in [0.29, 0.717) is 38.5 Å².